The first-order valence-corrected chi connectivity index (χ1v) is 8.20. The van der Waals surface area contributed by atoms with Gasteiger partial charge in [-0.1, -0.05) is 43.3 Å². The molecule has 0 spiro atoms. The molecule has 118 valence electrons. The number of nitrogens with zero attached hydrogens (tertiary/aromatic N) is 2. The minimum atomic E-state index is 0.386. The van der Waals surface area contributed by atoms with Crippen molar-refractivity contribution in [3.8, 4) is 5.75 Å². The van der Waals surface area contributed by atoms with Gasteiger partial charge in [0.2, 0.25) is 0 Å². The Morgan fingerprint density at radius 2 is 1.82 bits per heavy atom. The number of ether oxygens (including phenoxy) is 1. The Morgan fingerprint density at radius 1 is 1.14 bits per heavy atom. The van der Waals surface area contributed by atoms with Gasteiger partial charge in [-0.25, -0.2) is 9.97 Å². The lowest BCUT2D eigenvalue weighted by atomic mass is 10.00. The third kappa shape index (κ3) is 4.53. The summed E-state index contributed by atoms with van der Waals surface area (Å²) in [5.41, 5.74) is 13.8. The van der Waals surface area contributed by atoms with E-state index >= 15 is 0 Å². The van der Waals surface area contributed by atoms with Gasteiger partial charge in [-0.05, 0) is 24.5 Å². The zero-order chi connectivity index (χ0) is 16.1. The summed E-state index contributed by atoms with van der Waals surface area (Å²) in [5.74, 6) is 2.87. The maximum absolute atomic E-state index is 5.90. The van der Waals surface area contributed by atoms with Crippen molar-refractivity contribution in [1.29, 1.82) is 0 Å². The Bertz CT molecular complexity index is 626. The van der Waals surface area contributed by atoms with Crippen LogP contribution in [0.4, 0.5) is 11.6 Å². The third-order valence-electron chi connectivity index (χ3n) is 3.10. The SMILES string of the molecule is Cc1ccc(OCCSc2nc(N)cc(N)n2)c(C(C)C)c1. The van der Waals surface area contributed by atoms with Crippen LogP contribution in [0.25, 0.3) is 0 Å². The van der Waals surface area contributed by atoms with E-state index in [1.165, 1.54) is 22.9 Å². The average molecular weight is 318 g/mol. The predicted octanol–water partition coefficient (Wildman–Crippen LogP) is 3.24. The van der Waals surface area contributed by atoms with E-state index in [2.05, 4.69) is 42.9 Å². The second-order valence-corrected chi connectivity index (χ2v) is 6.46. The number of nitrogen functional groups attached to an aromatic ring is 2. The number of thioether (sulfide) groups is 1. The Kier molecular flexibility index (Phi) is 5.49. The van der Waals surface area contributed by atoms with Gasteiger partial charge in [0.1, 0.15) is 17.4 Å². The molecule has 0 saturated carbocycles. The van der Waals surface area contributed by atoms with E-state index < -0.39 is 0 Å². The lowest BCUT2D eigenvalue weighted by Crippen LogP contribution is -2.05. The number of hydrogen-bond acceptors (Lipinski definition) is 6. The molecule has 0 unspecified atom stereocenters. The van der Waals surface area contributed by atoms with Gasteiger partial charge in [-0.2, -0.15) is 0 Å². The van der Waals surface area contributed by atoms with E-state index in [1.807, 2.05) is 6.07 Å². The molecule has 6 heteroatoms. The van der Waals surface area contributed by atoms with E-state index in [4.69, 9.17) is 16.2 Å². The molecule has 1 heterocycles. The molecule has 0 aliphatic heterocycles. The topological polar surface area (TPSA) is 87.0 Å². The standard InChI is InChI=1S/C16H22N4OS/c1-10(2)12-8-11(3)4-5-13(12)21-6-7-22-16-19-14(17)9-15(18)20-16/h4-5,8-10H,6-7H2,1-3H3,(H4,17,18,19,20). The van der Waals surface area contributed by atoms with E-state index in [-0.39, 0.29) is 0 Å². The number of benzene rings is 1. The molecule has 1 aromatic carbocycles. The molecule has 0 atom stereocenters. The first kappa shape index (κ1) is 16.4. The second kappa shape index (κ2) is 7.35. The van der Waals surface area contributed by atoms with Gasteiger partial charge >= 0.3 is 0 Å². The van der Waals surface area contributed by atoms with Crippen LogP contribution in [0.5, 0.6) is 5.75 Å². The van der Waals surface area contributed by atoms with Crippen LogP contribution in [-0.2, 0) is 0 Å². The molecular formula is C16H22N4OS. The smallest absolute Gasteiger partial charge is 0.191 e. The second-order valence-electron chi connectivity index (χ2n) is 5.39. The maximum Gasteiger partial charge on any atom is 0.191 e. The van der Waals surface area contributed by atoms with Gasteiger partial charge < -0.3 is 16.2 Å². The number of hydrogen-bond donors (Lipinski definition) is 2. The summed E-state index contributed by atoms with van der Waals surface area (Å²) in [6.07, 6.45) is 0. The number of aromatic nitrogens is 2. The van der Waals surface area contributed by atoms with Crippen LogP contribution in [0, 0.1) is 6.92 Å². The number of rotatable bonds is 6. The molecule has 5 nitrogen and oxygen atoms in total. The van der Waals surface area contributed by atoms with Crippen molar-refractivity contribution in [3.05, 3.63) is 35.4 Å². The highest BCUT2D eigenvalue weighted by Gasteiger charge is 2.08. The molecule has 22 heavy (non-hydrogen) atoms. The first-order valence-electron chi connectivity index (χ1n) is 7.22. The van der Waals surface area contributed by atoms with Crippen LogP contribution in [0.2, 0.25) is 0 Å². The molecule has 0 aliphatic rings. The van der Waals surface area contributed by atoms with Gasteiger partial charge in [0.25, 0.3) is 0 Å². The summed E-state index contributed by atoms with van der Waals surface area (Å²) < 4.78 is 5.90. The monoisotopic (exact) mass is 318 g/mol. The molecule has 0 aliphatic carbocycles. The summed E-state index contributed by atoms with van der Waals surface area (Å²) in [4.78, 5) is 8.26. The number of nitrogens with two attached hydrogens (primary N) is 2. The summed E-state index contributed by atoms with van der Waals surface area (Å²) in [7, 11) is 0. The van der Waals surface area contributed by atoms with Crippen molar-refractivity contribution in [1.82, 2.24) is 9.97 Å². The van der Waals surface area contributed by atoms with Crippen molar-refractivity contribution in [2.45, 2.75) is 31.8 Å². The largest absolute Gasteiger partial charge is 0.492 e. The normalized spacial score (nSPS) is 10.9. The van der Waals surface area contributed by atoms with Crippen LogP contribution in [0.15, 0.2) is 29.4 Å². The molecule has 0 bridgehead atoms. The fourth-order valence-electron chi connectivity index (χ4n) is 2.06. The average Bonchev–Trinajstić information content (AvgIpc) is 2.43. The summed E-state index contributed by atoms with van der Waals surface area (Å²) in [5, 5.41) is 0.578. The fourth-order valence-corrected chi connectivity index (χ4v) is 2.75. The minimum absolute atomic E-state index is 0.386. The number of aryl methyl sites for hydroxylation is 1. The van der Waals surface area contributed by atoms with Gasteiger partial charge in [0, 0.05) is 11.8 Å². The molecule has 0 saturated heterocycles. The molecular weight excluding hydrogens is 296 g/mol. The van der Waals surface area contributed by atoms with Crippen LogP contribution in [-0.4, -0.2) is 22.3 Å². The zero-order valence-corrected chi connectivity index (χ0v) is 14.0. The Morgan fingerprint density at radius 3 is 2.45 bits per heavy atom. The van der Waals surface area contributed by atoms with Gasteiger partial charge in [0.05, 0.1) is 6.61 Å². The van der Waals surface area contributed by atoms with E-state index in [1.54, 1.807) is 6.07 Å². The minimum Gasteiger partial charge on any atom is -0.492 e. The molecule has 2 rings (SSSR count). The highest BCUT2D eigenvalue weighted by atomic mass is 32.2. The fraction of sp³-hybridized carbons (Fsp3) is 0.375. The van der Waals surface area contributed by atoms with Crippen LogP contribution >= 0.6 is 11.8 Å². The predicted molar refractivity (Wildman–Crippen MR) is 92.3 cm³/mol. The Hall–Kier alpha value is -1.95. The van der Waals surface area contributed by atoms with Crippen molar-refractivity contribution >= 4 is 23.4 Å². The maximum atomic E-state index is 5.90. The molecule has 0 amide bonds. The highest BCUT2D eigenvalue weighted by Crippen LogP contribution is 2.27. The van der Waals surface area contributed by atoms with Crippen molar-refractivity contribution in [2.75, 3.05) is 23.8 Å². The molecule has 0 radical (unpaired) electrons. The Labute approximate surface area is 135 Å². The quantitative estimate of drug-likeness (QED) is 0.483. The first-order chi connectivity index (χ1) is 10.5. The van der Waals surface area contributed by atoms with E-state index in [9.17, 15) is 0 Å². The van der Waals surface area contributed by atoms with E-state index in [0.717, 1.165) is 11.5 Å². The Balaban J connectivity index is 1.91. The van der Waals surface area contributed by atoms with Crippen molar-refractivity contribution < 1.29 is 4.74 Å². The summed E-state index contributed by atoms with van der Waals surface area (Å²) in [6.45, 7) is 7.00. The van der Waals surface area contributed by atoms with Gasteiger partial charge in [0.15, 0.2) is 5.16 Å². The molecule has 1 aromatic heterocycles. The highest BCUT2D eigenvalue weighted by molar-refractivity contribution is 7.99. The molecule has 4 N–H and O–H groups in total. The van der Waals surface area contributed by atoms with Crippen LogP contribution < -0.4 is 16.2 Å². The van der Waals surface area contributed by atoms with Crippen LogP contribution in [0.3, 0.4) is 0 Å². The lowest BCUT2D eigenvalue weighted by molar-refractivity contribution is 0.338. The van der Waals surface area contributed by atoms with Gasteiger partial charge in [-0.3, -0.25) is 0 Å². The lowest BCUT2D eigenvalue weighted by Gasteiger charge is -2.14. The third-order valence-corrected chi connectivity index (χ3v) is 3.92. The molecule has 0 fully saturated rings. The zero-order valence-electron chi connectivity index (χ0n) is 13.2. The molecule has 2 aromatic rings. The number of anilines is 2. The summed E-state index contributed by atoms with van der Waals surface area (Å²) in [6, 6.07) is 7.82. The van der Waals surface area contributed by atoms with Crippen molar-refractivity contribution in [3.63, 3.8) is 0 Å². The van der Waals surface area contributed by atoms with Gasteiger partial charge in [-0.15, -0.1) is 0 Å². The van der Waals surface area contributed by atoms with Crippen molar-refractivity contribution in [2.24, 2.45) is 0 Å². The van der Waals surface area contributed by atoms with E-state index in [0.29, 0.717) is 29.3 Å². The summed E-state index contributed by atoms with van der Waals surface area (Å²) >= 11 is 1.48. The van der Waals surface area contributed by atoms with Crippen LogP contribution in [0.1, 0.15) is 30.9 Å².